The highest BCUT2D eigenvalue weighted by Gasteiger charge is 2.36. The van der Waals surface area contributed by atoms with Crippen molar-refractivity contribution in [2.24, 2.45) is 0 Å². The summed E-state index contributed by atoms with van der Waals surface area (Å²) in [5, 5.41) is 21.7. The number of esters is 1. The van der Waals surface area contributed by atoms with Crippen molar-refractivity contribution in [1.29, 1.82) is 0 Å². The Bertz CT molecular complexity index is 831. The summed E-state index contributed by atoms with van der Waals surface area (Å²) in [6.07, 6.45) is 1.84. The van der Waals surface area contributed by atoms with E-state index in [9.17, 15) is 29.6 Å². The number of carboxylic acids is 1. The summed E-state index contributed by atoms with van der Waals surface area (Å²) in [4.78, 5) is 52.5. The number of nitrogens with zero attached hydrogens (tertiary/aromatic N) is 2. The number of carbonyl (C=O) groups is 3. The Morgan fingerprint density at radius 1 is 1.16 bits per heavy atom. The molecule has 0 fully saturated rings. The lowest BCUT2D eigenvalue weighted by atomic mass is 9.93. The molecule has 0 radical (unpaired) electrons. The molecular weight excluding hydrogens is 422 g/mol. The topological polar surface area (TPSA) is 148 Å². The maximum absolute atomic E-state index is 13.0. The van der Waals surface area contributed by atoms with Crippen LogP contribution in [0.25, 0.3) is 0 Å². The summed E-state index contributed by atoms with van der Waals surface area (Å²) in [7, 11) is 0. The molecule has 32 heavy (non-hydrogen) atoms. The minimum absolute atomic E-state index is 0.00313. The van der Waals surface area contributed by atoms with E-state index in [1.807, 2.05) is 24.3 Å². The molecule has 0 saturated heterocycles. The minimum Gasteiger partial charge on any atom is -0.480 e. The number of nitrogens with one attached hydrogen (secondary N) is 1. The predicted molar refractivity (Wildman–Crippen MR) is 112 cm³/mol. The van der Waals surface area contributed by atoms with E-state index in [0.29, 0.717) is 19.3 Å². The first-order chi connectivity index (χ1) is 15.2. The molecule has 11 nitrogen and oxygen atoms in total. The van der Waals surface area contributed by atoms with Gasteiger partial charge in [0.25, 0.3) is 5.09 Å². The van der Waals surface area contributed by atoms with E-state index in [1.54, 1.807) is 13.8 Å². The van der Waals surface area contributed by atoms with Gasteiger partial charge in [0.15, 0.2) is 0 Å². The molecule has 1 amide bonds. The molecule has 1 heterocycles. The third-order valence-electron chi connectivity index (χ3n) is 5.27. The van der Waals surface area contributed by atoms with Crippen molar-refractivity contribution in [2.45, 2.75) is 64.2 Å². The fourth-order valence-electron chi connectivity index (χ4n) is 3.56. The van der Waals surface area contributed by atoms with Crippen molar-refractivity contribution < 1.29 is 34.2 Å². The molecule has 2 rings (SSSR count). The zero-order valence-electron chi connectivity index (χ0n) is 18.2. The summed E-state index contributed by atoms with van der Waals surface area (Å²) in [6, 6.07) is 4.89. The van der Waals surface area contributed by atoms with Gasteiger partial charge in [-0.25, -0.2) is 4.79 Å². The third-order valence-corrected chi connectivity index (χ3v) is 5.27. The number of carbonyl (C=O) groups excluding carboxylic acids is 2. The van der Waals surface area contributed by atoms with Gasteiger partial charge in [-0.2, -0.15) is 0 Å². The number of hydrogen-bond acceptors (Lipinski definition) is 8. The number of amides is 1. The molecule has 1 aliphatic heterocycles. The molecule has 0 bridgehead atoms. The first-order valence-electron chi connectivity index (χ1n) is 10.5. The number of benzene rings is 1. The van der Waals surface area contributed by atoms with E-state index < -0.39 is 41.1 Å². The van der Waals surface area contributed by atoms with Gasteiger partial charge in [-0.3, -0.25) is 14.9 Å². The average molecular weight is 451 g/mol. The minimum atomic E-state index is -1.07. The fraction of sp³-hybridized carbons (Fsp3) is 0.571. The molecule has 11 heteroatoms. The summed E-state index contributed by atoms with van der Waals surface area (Å²) in [5.41, 5.74) is 1.81. The maximum atomic E-state index is 13.0. The maximum Gasteiger partial charge on any atom is 0.326 e. The zero-order valence-corrected chi connectivity index (χ0v) is 18.2. The Morgan fingerprint density at radius 2 is 1.81 bits per heavy atom. The second kappa shape index (κ2) is 12.0. The molecule has 0 aromatic heterocycles. The Balaban J connectivity index is 1.82. The standard InChI is InChI=1S/C21H29N3O8/c1-14(22-15(2)21(28)31-10-6-3-7-11-32-24(29)30)19(25)23-13-17-9-5-4-8-16(17)12-18(23)20(26)27/h4-5,8-9,14-15,18,22H,3,6-7,10-13H2,1-2H3,(H,26,27). The van der Waals surface area contributed by atoms with E-state index in [0.717, 1.165) is 11.1 Å². The van der Waals surface area contributed by atoms with Crippen LogP contribution >= 0.6 is 0 Å². The highest BCUT2D eigenvalue weighted by Crippen LogP contribution is 2.24. The van der Waals surface area contributed by atoms with Gasteiger partial charge >= 0.3 is 11.9 Å². The number of ether oxygens (including phenoxy) is 1. The van der Waals surface area contributed by atoms with Gasteiger partial charge in [0, 0.05) is 13.0 Å². The highest BCUT2D eigenvalue weighted by atomic mass is 16.9. The van der Waals surface area contributed by atoms with Crippen LogP contribution < -0.4 is 5.32 Å². The van der Waals surface area contributed by atoms with Gasteiger partial charge in [-0.15, -0.1) is 10.1 Å². The van der Waals surface area contributed by atoms with Crippen LogP contribution in [0.4, 0.5) is 0 Å². The fourth-order valence-corrected chi connectivity index (χ4v) is 3.56. The number of unbranched alkanes of at least 4 members (excludes halogenated alkanes) is 2. The van der Waals surface area contributed by atoms with Crippen molar-refractivity contribution in [3.8, 4) is 0 Å². The molecule has 1 aromatic rings. The van der Waals surface area contributed by atoms with Crippen molar-refractivity contribution >= 4 is 17.8 Å². The van der Waals surface area contributed by atoms with Gasteiger partial charge in [0.1, 0.15) is 12.1 Å². The van der Waals surface area contributed by atoms with E-state index in [1.165, 1.54) is 4.90 Å². The third kappa shape index (κ3) is 7.19. The summed E-state index contributed by atoms with van der Waals surface area (Å²) < 4.78 is 5.17. The molecule has 1 aromatic carbocycles. The SMILES string of the molecule is CC(NC(C)C(=O)N1Cc2ccccc2CC1C(=O)O)C(=O)OCCCCCO[N+](=O)[O-]. The summed E-state index contributed by atoms with van der Waals surface area (Å²) in [5.74, 6) is -2.02. The van der Waals surface area contributed by atoms with E-state index in [4.69, 9.17) is 4.74 Å². The lowest BCUT2D eigenvalue weighted by Gasteiger charge is -2.36. The Morgan fingerprint density at radius 3 is 2.47 bits per heavy atom. The summed E-state index contributed by atoms with van der Waals surface area (Å²) >= 11 is 0. The van der Waals surface area contributed by atoms with Crippen LogP contribution in [-0.2, 0) is 36.9 Å². The van der Waals surface area contributed by atoms with Crippen molar-refractivity contribution in [2.75, 3.05) is 13.2 Å². The molecule has 1 aliphatic rings. The van der Waals surface area contributed by atoms with Crippen LogP contribution in [0.3, 0.4) is 0 Å². The largest absolute Gasteiger partial charge is 0.480 e. The molecule has 0 aliphatic carbocycles. The van der Waals surface area contributed by atoms with Gasteiger partial charge in [-0.05, 0) is 44.2 Å². The molecule has 0 spiro atoms. The zero-order chi connectivity index (χ0) is 23.7. The predicted octanol–water partition coefficient (Wildman–Crippen LogP) is 1.31. The molecule has 2 N–H and O–H groups in total. The number of fused-ring (bicyclic) bond motifs is 1. The average Bonchev–Trinajstić information content (AvgIpc) is 2.76. The van der Waals surface area contributed by atoms with Gasteiger partial charge < -0.3 is 19.6 Å². The molecule has 176 valence electrons. The van der Waals surface area contributed by atoms with Crippen molar-refractivity contribution in [3.63, 3.8) is 0 Å². The van der Waals surface area contributed by atoms with Crippen LogP contribution in [0.5, 0.6) is 0 Å². The normalized spacial score (nSPS) is 17.1. The second-order valence-electron chi connectivity index (χ2n) is 7.69. The lowest BCUT2D eigenvalue weighted by Crippen LogP contribution is -2.56. The Hall–Kier alpha value is -3.21. The monoisotopic (exact) mass is 451 g/mol. The second-order valence-corrected chi connectivity index (χ2v) is 7.69. The van der Waals surface area contributed by atoms with Crippen LogP contribution in [-0.4, -0.2) is 64.3 Å². The molecule has 0 saturated carbocycles. The van der Waals surface area contributed by atoms with Crippen LogP contribution in [0.15, 0.2) is 24.3 Å². The van der Waals surface area contributed by atoms with Crippen LogP contribution in [0, 0.1) is 10.1 Å². The summed E-state index contributed by atoms with van der Waals surface area (Å²) in [6.45, 7) is 3.49. The van der Waals surface area contributed by atoms with Gasteiger partial charge in [0.2, 0.25) is 5.91 Å². The van der Waals surface area contributed by atoms with E-state index >= 15 is 0 Å². The molecule has 3 atom stereocenters. The Labute approximate surface area is 185 Å². The number of carboxylic acid groups (broad SMARTS) is 1. The van der Waals surface area contributed by atoms with E-state index in [-0.39, 0.29) is 26.2 Å². The highest BCUT2D eigenvalue weighted by molar-refractivity contribution is 5.88. The van der Waals surface area contributed by atoms with E-state index in [2.05, 4.69) is 10.2 Å². The Kier molecular flexibility index (Phi) is 9.39. The van der Waals surface area contributed by atoms with Crippen molar-refractivity contribution in [3.05, 3.63) is 45.5 Å². The molecular formula is C21H29N3O8. The quantitative estimate of drug-likeness (QED) is 0.208. The van der Waals surface area contributed by atoms with Gasteiger partial charge in [0.05, 0.1) is 19.3 Å². The van der Waals surface area contributed by atoms with Crippen LogP contribution in [0.1, 0.15) is 44.2 Å². The molecule has 3 unspecified atom stereocenters. The smallest absolute Gasteiger partial charge is 0.326 e. The first kappa shape index (κ1) is 25.1. The number of hydrogen-bond donors (Lipinski definition) is 2. The lowest BCUT2D eigenvalue weighted by molar-refractivity contribution is -0.757. The van der Waals surface area contributed by atoms with Crippen molar-refractivity contribution in [1.82, 2.24) is 10.2 Å². The number of rotatable bonds is 12. The number of aliphatic carboxylic acids is 1. The van der Waals surface area contributed by atoms with Crippen LogP contribution in [0.2, 0.25) is 0 Å². The first-order valence-corrected chi connectivity index (χ1v) is 10.5. The van der Waals surface area contributed by atoms with Gasteiger partial charge in [-0.1, -0.05) is 24.3 Å².